The molecular formula is C30H31Cl2FN6O4. The number of hydrogen-bond donors (Lipinski definition) is 3. The van der Waals surface area contributed by atoms with Crippen molar-refractivity contribution in [2.75, 3.05) is 16.8 Å². The Bertz CT molecular complexity index is 1500. The number of benzene rings is 3. The summed E-state index contributed by atoms with van der Waals surface area (Å²) in [6.45, 7) is 3.73. The van der Waals surface area contributed by atoms with E-state index < -0.39 is 23.8 Å². The molecule has 1 heterocycles. The number of urea groups is 2. The molecule has 0 saturated carbocycles. The molecule has 1 aliphatic heterocycles. The highest BCUT2D eigenvalue weighted by Gasteiger charge is 2.55. The third kappa shape index (κ3) is 7.81. The van der Waals surface area contributed by atoms with E-state index in [2.05, 4.69) is 15.8 Å². The lowest BCUT2D eigenvalue weighted by Crippen LogP contribution is -2.58. The van der Waals surface area contributed by atoms with E-state index >= 15 is 0 Å². The van der Waals surface area contributed by atoms with Crippen molar-refractivity contribution in [1.29, 1.82) is 0 Å². The van der Waals surface area contributed by atoms with E-state index in [-0.39, 0.29) is 24.7 Å². The van der Waals surface area contributed by atoms with Gasteiger partial charge in [0.05, 0.1) is 11.8 Å². The Labute approximate surface area is 258 Å². The van der Waals surface area contributed by atoms with Gasteiger partial charge in [-0.3, -0.25) is 14.9 Å². The molecule has 0 spiro atoms. The van der Waals surface area contributed by atoms with E-state index in [1.165, 1.54) is 41.4 Å². The molecule has 43 heavy (non-hydrogen) atoms. The van der Waals surface area contributed by atoms with E-state index in [4.69, 9.17) is 23.2 Å². The first kappa shape index (κ1) is 31.7. The summed E-state index contributed by atoms with van der Waals surface area (Å²) in [6.07, 6.45) is 1.33. The maximum atomic E-state index is 13.8. The summed E-state index contributed by atoms with van der Waals surface area (Å²) >= 11 is 12.2. The quantitative estimate of drug-likeness (QED) is 0.0999. The Morgan fingerprint density at radius 3 is 2.40 bits per heavy atom. The molecule has 3 N–H and O–H groups in total. The molecule has 4 rings (SSSR count). The largest absolute Gasteiger partial charge is 0.347 e. The van der Waals surface area contributed by atoms with Crippen LogP contribution >= 0.6 is 23.2 Å². The molecule has 0 bridgehead atoms. The minimum Gasteiger partial charge on any atom is -0.315 e. The first-order valence-corrected chi connectivity index (χ1v) is 14.2. The summed E-state index contributed by atoms with van der Waals surface area (Å²) in [5, 5.41) is 19.0. The van der Waals surface area contributed by atoms with E-state index in [0.717, 1.165) is 0 Å². The van der Waals surface area contributed by atoms with Crippen LogP contribution in [0.4, 0.5) is 25.4 Å². The van der Waals surface area contributed by atoms with Crippen molar-refractivity contribution in [3.8, 4) is 0 Å². The van der Waals surface area contributed by atoms with Crippen molar-refractivity contribution in [2.45, 2.75) is 44.8 Å². The number of hydrazone groups is 1. The number of rotatable bonds is 10. The number of anilines is 2. The van der Waals surface area contributed by atoms with Gasteiger partial charge in [-0.05, 0) is 80.8 Å². The Morgan fingerprint density at radius 2 is 1.72 bits per heavy atom. The number of carbonyl (C=O) groups excluding carboxylic acids is 3. The maximum Gasteiger partial charge on any atom is 0.347 e. The number of amides is 5. The molecule has 5 amide bonds. The van der Waals surface area contributed by atoms with Crippen molar-refractivity contribution in [3.05, 3.63) is 94.2 Å². The minimum absolute atomic E-state index is 0.152. The van der Waals surface area contributed by atoms with Crippen molar-refractivity contribution in [2.24, 2.45) is 5.10 Å². The number of unbranched alkanes of at least 4 members (excludes halogenated alkanes) is 1. The lowest BCUT2D eigenvalue weighted by atomic mass is 9.99. The van der Waals surface area contributed by atoms with Gasteiger partial charge in [-0.2, -0.15) is 10.2 Å². The number of halogens is 3. The van der Waals surface area contributed by atoms with E-state index in [1.807, 2.05) is 0 Å². The van der Waals surface area contributed by atoms with Crippen LogP contribution in [0.3, 0.4) is 0 Å². The molecule has 10 nitrogen and oxygen atoms in total. The first-order valence-electron chi connectivity index (χ1n) is 13.5. The van der Waals surface area contributed by atoms with Crippen LogP contribution < -0.4 is 15.6 Å². The summed E-state index contributed by atoms with van der Waals surface area (Å²) in [5.74, 6) is -0.682. The highest BCUT2D eigenvalue weighted by Crippen LogP contribution is 2.39. The van der Waals surface area contributed by atoms with Gasteiger partial charge in [0.25, 0.3) is 0 Å². The third-order valence-corrected chi connectivity index (χ3v) is 7.39. The first-order chi connectivity index (χ1) is 20.5. The molecule has 0 unspecified atom stereocenters. The zero-order chi connectivity index (χ0) is 31.1. The van der Waals surface area contributed by atoms with Gasteiger partial charge in [-0.15, -0.1) is 0 Å². The van der Waals surface area contributed by atoms with Crippen LogP contribution in [0.15, 0.2) is 77.9 Å². The van der Waals surface area contributed by atoms with Crippen molar-refractivity contribution in [1.82, 2.24) is 15.4 Å². The van der Waals surface area contributed by atoms with Gasteiger partial charge < -0.3 is 10.2 Å². The van der Waals surface area contributed by atoms with Gasteiger partial charge in [0, 0.05) is 34.4 Å². The monoisotopic (exact) mass is 628 g/mol. The van der Waals surface area contributed by atoms with Crippen LogP contribution in [0.2, 0.25) is 10.0 Å². The molecule has 3 aromatic rings. The topological polar surface area (TPSA) is 118 Å². The van der Waals surface area contributed by atoms with Crippen LogP contribution in [-0.4, -0.2) is 57.6 Å². The predicted molar refractivity (Wildman–Crippen MR) is 164 cm³/mol. The standard InChI is InChI=1S/C30H31Cl2FN6O4/c1-30(2)27(39(43)28(41)35-24-9-5-7-21(31)17-24)38(25-10-6-8-22(32)18-25)29(42)37(30)16-4-3-11-26(40)36-34-19-20-12-14-23(33)15-13-20/h5-10,12-15,17-19,27,43H,3-4,11,16H2,1-2H3,(H,35,41)(H,36,40)/b34-19-/t27-/m0/s1. The molecule has 1 fully saturated rings. The molecule has 13 heteroatoms. The van der Waals surface area contributed by atoms with Crippen LogP contribution in [-0.2, 0) is 4.79 Å². The molecule has 1 atom stereocenters. The van der Waals surface area contributed by atoms with Crippen LogP contribution in [0.1, 0.15) is 38.7 Å². The average molecular weight is 630 g/mol. The Morgan fingerprint density at radius 1 is 1.05 bits per heavy atom. The molecule has 0 radical (unpaired) electrons. The van der Waals surface area contributed by atoms with Crippen LogP contribution in [0, 0.1) is 5.82 Å². The summed E-state index contributed by atoms with van der Waals surface area (Å²) in [6, 6.07) is 17.4. The fourth-order valence-electron chi connectivity index (χ4n) is 4.80. The summed E-state index contributed by atoms with van der Waals surface area (Å²) in [5.41, 5.74) is 2.76. The Hall–Kier alpha value is -4.19. The van der Waals surface area contributed by atoms with Crippen molar-refractivity contribution < 1.29 is 24.0 Å². The maximum absolute atomic E-state index is 13.8. The van der Waals surface area contributed by atoms with Gasteiger partial charge in [-0.25, -0.2) is 19.4 Å². The second kappa shape index (κ2) is 13.9. The summed E-state index contributed by atoms with van der Waals surface area (Å²) in [4.78, 5) is 42.1. The van der Waals surface area contributed by atoms with Gasteiger partial charge in [0.15, 0.2) is 6.17 Å². The molecule has 1 saturated heterocycles. The van der Waals surface area contributed by atoms with Gasteiger partial charge >= 0.3 is 12.1 Å². The predicted octanol–water partition coefficient (Wildman–Crippen LogP) is 6.72. The van der Waals surface area contributed by atoms with E-state index in [1.54, 1.807) is 61.2 Å². The number of hydroxylamine groups is 2. The SMILES string of the molecule is CC1(C)[C@H](N(O)C(=O)Nc2cccc(Cl)c2)N(c2cccc(Cl)c2)C(=O)N1CCCCC(=O)N/N=C\c1ccc(F)cc1. The average Bonchev–Trinajstić information content (AvgIpc) is 3.16. The minimum atomic E-state index is -1.14. The number of hydrogen-bond acceptors (Lipinski definition) is 5. The molecule has 3 aromatic carbocycles. The number of nitrogens with zero attached hydrogens (tertiary/aromatic N) is 4. The van der Waals surface area contributed by atoms with E-state index in [9.17, 15) is 24.0 Å². The lowest BCUT2D eigenvalue weighted by Gasteiger charge is -2.38. The van der Waals surface area contributed by atoms with Crippen LogP contribution in [0.25, 0.3) is 0 Å². The molecule has 1 aliphatic rings. The van der Waals surface area contributed by atoms with Crippen molar-refractivity contribution >= 4 is 58.8 Å². The normalized spacial score (nSPS) is 16.0. The van der Waals surface area contributed by atoms with Crippen molar-refractivity contribution in [3.63, 3.8) is 0 Å². The highest BCUT2D eigenvalue weighted by atomic mass is 35.5. The van der Waals surface area contributed by atoms with Gasteiger partial charge in [0.1, 0.15) is 5.82 Å². The third-order valence-electron chi connectivity index (χ3n) is 6.92. The Balaban J connectivity index is 1.43. The highest BCUT2D eigenvalue weighted by molar-refractivity contribution is 6.31. The molecule has 0 aliphatic carbocycles. The molecule has 226 valence electrons. The molecular weight excluding hydrogens is 598 g/mol. The fourth-order valence-corrected chi connectivity index (χ4v) is 5.18. The number of nitrogens with one attached hydrogen (secondary N) is 2. The van der Waals surface area contributed by atoms with Gasteiger partial charge in [0.2, 0.25) is 5.91 Å². The summed E-state index contributed by atoms with van der Waals surface area (Å²) in [7, 11) is 0. The second-order valence-electron chi connectivity index (χ2n) is 10.4. The lowest BCUT2D eigenvalue weighted by molar-refractivity contribution is -0.121. The Kier molecular flexibility index (Phi) is 10.2. The van der Waals surface area contributed by atoms with E-state index in [0.29, 0.717) is 44.9 Å². The number of carbonyl (C=O) groups is 3. The zero-order valence-electron chi connectivity index (χ0n) is 23.5. The fraction of sp³-hybridized carbons (Fsp3) is 0.267. The molecule has 0 aromatic heterocycles. The van der Waals surface area contributed by atoms with Gasteiger partial charge in [-0.1, -0.05) is 47.5 Å². The zero-order valence-corrected chi connectivity index (χ0v) is 25.0. The second-order valence-corrected chi connectivity index (χ2v) is 11.3. The smallest absolute Gasteiger partial charge is 0.315 e. The van der Waals surface area contributed by atoms with Crippen LogP contribution in [0.5, 0.6) is 0 Å². The summed E-state index contributed by atoms with van der Waals surface area (Å²) < 4.78 is 13.0.